The molecule has 0 fully saturated rings. The first-order valence-electron chi connectivity index (χ1n) is 13.6. The second kappa shape index (κ2) is 14.5. The second-order valence-electron chi connectivity index (χ2n) is 10.3. The Labute approximate surface area is 262 Å². The number of methoxy groups -OCH3 is 1. The van der Waals surface area contributed by atoms with Crippen molar-refractivity contribution in [3.05, 3.63) is 102 Å². The molecular weight excluding hydrogens is 604 g/mol. The fourth-order valence-electron chi connectivity index (χ4n) is 4.25. The van der Waals surface area contributed by atoms with Gasteiger partial charge < -0.3 is 14.2 Å². The lowest BCUT2D eigenvalue weighted by Gasteiger charge is -2.24. The number of aryl methyl sites for hydroxylation is 2. The third kappa shape index (κ3) is 7.83. The van der Waals surface area contributed by atoms with Crippen molar-refractivity contribution in [2.45, 2.75) is 27.7 Å². The normalized spacial score (nSPS) is 12.4. The fraction of sp³-hybridized carbons (Fsp3) is 0.219. The zero-order valence-corrected chi connectivity index (χ0v) is 26.6. The van der Waals surface area contributed by atoms with Gasteiger partial charge in [0.15, 0.2) is 0 Å². The summed E-state index contributed by atoms with van der Waals surface area (Å²) in [4.78, 5) is 12.8. The number of carbonyl (C=O) groups is 1. The van der Waals surface area contributed by atoms with Crippen molar-refractivity contribution in [1.29, 1.82) is 0 Å². The molecule has 2 unspecified atom stereocenters. The van der Waals surface area contributed by atoms with Gasteiger partial charge in [-0.25, -0.2) is 21.8 Å². The number of hydrogen-bond donors (Lipinski definition) is 2. The topological polar surface area (TPSA) is 126 Å². The van der Waals surface area contributed by atoms with E-state index in [2.05, 4.69) is 0 Å². The van der Waals surface area contributed by atoms with Crippen molar-refractivity contribution in [2.75, 3.05) is 22.3 Å². The van der Waals surface area contributed by atoms with Crippen LogP contribution >= 0.6 is 0 Å². The van der Waals surface area contributed by atoms with Crippen LogP contribution < -0.4 is 18.1 Å². The van der Waals surface area contributed by atoms with Crippen molar-refractivity contribution in [2.24, 2.45) is 5.92 Å². The zero-order chi connectivity index (χ0) is 32.0. The van der Waals surface area contributed by atoms with Gasteiger partial charge >= 0.3 is 5.97 Å². The Morgan fingerprint density at radius 1 is 0.750 bits per heavy atom. The summed E-state index contributed by atoms with van der Waals surface area (Å²) in [6, 6.07) is 23.4. The fourth-order valence-corrected chi connectivity index (χ4v) is 5.50. The molecule has 2 atom stereocenters. The number of carbonyl (C=O) groups excluding carboxylic acids is 1. The number of rotatable bonds is 12. The first-order valence-corrected chi connectivity index (χ1v) is 15.7. The van der Waals surface area contributed by atoms with E-state index in [0.29, 0.717) is 35.2 Å². The number of nitrogens with zero attached hydrogens (tertiary/aromatic N) is 2. The van der Waals surface area contributed by atoms with Crippen LogP contribution in [0.5, 0.6) is 17.2 Å². The lowest BCUT2D eigenvalue weighted by molar-refractivity contribution is 0.0601. The Morgan fingerprint density at radius 3 is 1.70 bits per heavy atom. The molecular formula is C32H34N2O8S2. The lowest BCUT2D eigenvalue weighted by Crippen LogP contribution is -2.22. The maximum Gasteiger partial charge on any atom is 0.340 e. The molecule has 0 bridgehead atoms. The van der Waals surface area contributed by atoms with E-state index < -0.39 is 28.5 Å². The SMILES string of the molecule is COC(=O)c1cc(Oc2ccc(N(c3ccc(C)cc3)S(=O)O)c(OCC(C)C)c2)ccc1N(c1ccc(C)cc1)S(=O)O. The van der Waals surface area contributed by atoms with Crippen LogP contribution in [0.2, 0.25) is 0 Å². The molecule has 0 saturated heterocycles. The molecule has 0 amide bonds. The summed E-state index contributed by atoms with van der Waals surface area (Å²) in [6.07, 6.45) is 0. The average Bonchev–Trinajstić information content (AvgIpc) is 2.99. The molecule has 4 rings (SSSR count). The maximum atomic E-state index is 12.8. The monoisotopic (exact) mass is 638 g/mol. The molecule has 0 spiro atoms. The lowest BCUT2D eigenvalue weighted by atomic mass is 10.1. The number of ether oxygens (including phenoxy) is 3. The Hall–Kier alpha value is -4.23. The Morgan fingerprint density at radius 2 is 1.23 bits per heavy atom. The Kier molecular flexibility index (Phi) is 10.8. The minimum absolute atomic E-state index is 0.00194. The van der Waals surface area contributed by atoms with Crippen LogP contribution in [0.25, 0.3) is 0 Å². The number of anilines is 4. The molecule has 4 aromatic rings. The average molecular weight is 639 g/mol. The van der Waals surface area contributed by atoms with Crippen LogP contribution in [0.15, 0.2) is 84.9 Å². The van der Waals surface area contributed by atoms with Crippen molar-refractivity contribution in [1.82, 2.24) is 0 Å². The summed E-state index contributed by atoms with van der Waals surface area (Å²) in [5.74, 6) is 0.312. The minimum Gasteiger partial charge on any atom is -0.491 e. The molecule has 12 heteroatoms. The highest BCUT2D eigenvalue weighted by Gasteiger charge is 2.25. The van der Waals surface area contributed by atoms with Gasteiger partial charge in [0, 0.05) is 6.07 Å². The Bertz CT molecular complexity index is 1660. The number of esters is 1. The van der Waals surface area contributed by atoms with Crippen LogP contribution in [0.3, 0.4) is 0 Å². The zero-order valence-electron chi connectivity index (χ0n) is 24.9. The molecule has 0 radical (unpaired) electrons. The highest BCUT2D eigenvalue weighted by Crippen LogP contribution is 2.40. The first kappa shape index (κ1) is 32.7. The molecule has 232 valence electrons. The minimum atomic E-state index is -2.50. The van der Waals surface area contributed by atoms with E-state index in [1.807, 2.05) is 39.8 Å². The van der Waals surface area contributed by atoms with Crippen LogP contribution in [0.1, 0.15) is 35.3 Å². The molecule has 0 aliphatic heterocycles. The van der Waals surface area contributed by atoms with Crippen molar-refractivity contribution < 1.29 is 36.5 Å². The van der Waals surface area contributed by atoms with Gasteiger partial charge in [-0.15, -0.1) is 0 Å². The van der Waals surface area contributed by atoms with E-state index in [-0.39, 0.29) is 22.9 Å². The molecule has 10 nitrogen and oxygen atoms in total. The van der Waals surface area contributed by atoms with Gasteiger partial charge in [0.2, 0.25) is 0 Å². The standard InChI is InChI=1S/C32H34N2O8S2/c1-21(2)20-41-31-19-27(15-17-30(31)34(44(38)39)25-12-8-23(4)9-13-25)42-26-14-16-29(28(18-26)32(35)40-5)33(43(36)37)24-10-6-22(3)7-11-24/h6-19,21H,20H2,1-5H3,(H,36,37)(H,38,39). The molecule has 0 saturated carbocycles. The molecule has 0 aliphatic rings. The molecule has 4 aromatic carbocycles. The molecule has 0 aliphatic carbocycles. The predicted molar refractivity (Wildman–Crippen MR) is 173 cm³/mol. The van der Waals surface area contributed by atoms with Crippen LogP contribution in [0.4, 0.5) is 22.7 Å². The third-order valence-corrected chi connectivity index (χ3v) is 7.84. The van der Waals surface area contributed by atoms with Crippen LogP contribution in [-0.4, -0.2) is 37.2 Å². The quantitative estimate of drug-likeness (QED) is 0.121. The largest absolute Gasteiger partial charge is 0.491 e. The molecule has 0 aromatic heterocycles. The summed E-state index contributed by atoms with van der Waals surface area (Å²) in [5.41, 5.74) is 3.36. The van der Waals surface area contributed by atoms with Gasteiger partial charge in [-0.2, -0.15) is 0 Å². The van der Waals surface area contributed by atoms with E-state index >= 15 is 0 Å². The summed E-state index contributed by atoms with van der Waals surface area (Å²) in [5, 5.41) is 0. The van der Waals surface area contributed by atoms with E-state index in [1.54, 1.807) is 60.7 Å². The maximum absolute atomic E-state index is 12.8. The van der Waals surface area contributed by atoms with E-state index in [0.717, 1.165) is 15.4 Å². The van der Waals surface area contributed by atoms with E-state index in [4.69, 9.17) is 14.2 Å². The number of hydrogen-bond acceptors (Lipinski definition) is 6. The molecule has 0 heterocycles. The Balaban J connectivity index is 1.74. The van der Waals surface area contributed by atoms with Crippen molar-refractivity contribution >= 4 is 51.3 Å². The smallest absolute Gasteiger partial charge is 0.340 e. The van der Waals surface area contributed by atoms with Gasteiger partial charge in [0.05, 0.1) is 42.0 Å². The van der Waals surface area contributed by atoms with Gasteiger partial charge in [0.1, 0.15) is 17.2 Å². The summed E-state index contributed by atoms with van der Waals surface area (Å²) >= 11 is -4.91. The highest BCUT2D eigenvalue weighted by molar-refractivity contribution is 7.81. The first-order chi connectivity index (χ1) is 21.0. The van der Waals surface area contributed by atoms with E-state index in [9.17, 15) is 22.3 Å². The van der Waals surface area contributed by atoms with Crippen molar-refractivity contribution in [3.8, 4) is 17.2 Å². The van der Waals surface area contributed by atoms with Crippen LogP contribution in [0, 0.1) is 19.8 Å². The van der Waals surface area contributed by atoms with Crippen molar-refractivity contribution in [3.63, 3.8) is 0 Å². The molecule has 44 heavy (non-hydrogen) atoms. The number of benzene rings is 4. The predicted octanol–water partition coefficient (Wildman–Crippen LogP) is 7.47. The summed E-state index contributed by atoms with van der Waals surface area (Å²) in [6.45, 7) is 8.12. The van der Waals surface area contributed by atoms with E-state index in [1.165, 1.54) is 23.5 Å². The molecule has 2 N–H and O–H groups in total. The summed E-state index contributed by atoms with van der Waals surface area (Å²) < 4.78 is 64.8. The van der Waals surface area contributed by atoms with Gasteiger partial charge in [0.25, 0.3) is 22.5 Å². The third-order valence-electron chi connectivity index (χ3n) is 6.40. The van der Waals surface area contributed by atoms with Crippen LogP contribution in [-0.2, 0) is 27.3 Å². The van der Waals surface area contributed by atoms with Gasteiger partial charge in [-0.1, -0.05) is 49.2 Å². The highest BCUT2D eigenvalue weighted by atomic mass is 32.2. The van der Waals surface area contributed by atoms with Gasteiger partial charge in [-0.05, 0) is 74.4 Å². The van der Waals surface area contributed by atoms with Gasteiger partial charge in [-0.3, -0.25) is 9.11 Å². The second-order valence-corrected chi connectivity index (χ2v) is 12.0. The summed E-state index contributed by atoms with van der Waals surface area (Å²) in [7, 11) is 1.22.